The first-order chi connectivity index (χ1) is 14.1. The molecule has 1 aliphatic rings. The summed E-state index contributed by atoms with van der Waals surface area (Å²) in [5.74, 6) is 0.636. The number of fused-ring (bicyclic) bond motifs is 1. The van der Waals surface area contributed by atoms with E-state index in [-0.39, 0.29) is 0 Å². The van der Waals surface area contributed by atoms with Gasteiger partial charge < -0.3 is 9.30 Å². The molecule has 3 heterocycles. The maximum Gasteiger partial charge on any atom is 0.330 e. The van der Waals surface area contributed by atoms with Crippen molar-refractivity contribution in [2.45, 2.75) is 26.4 Å². The third kappa shape index (κ3) is 4.01. The first-order valence-corrected chi connectivity index (χ1v) is 10.3. The lowest BCUT2D eigenvalue weighted by Gasteiger charge is -2.26. The Hall–Kier alpha value is -2.42. The van der Waals surface area contributed by atoms with E-state index in [2.05, 4.69) is 9.88 Å². The maximum atomic E-state index is 12.8. The van der Waals surface area contributed by atoms with E-state index < -0.39 is 11.2 Å². The van der Waals surface area contributed by atoms with Gasteiger partial charge >= 0.3 is 5.69 Å². The largest absolute Gasteiger partial charge is 0.379 e. The van der Waals surface area contributed by atoms with Crippen molar-refractivity contribution in [3.05, 3.63) is 50.1 Å². The lowest BCUT2D eigenvalue weighted by atomic mass is 10.2. The number of ether oxygens (including phenoxy) is 1. The van der Waals surface area contributed by atoms with Crippen LogP contribution in [0.3, 0.4) is 0 Å². The summed E-state index contributed by atoms with van der Waals surface area (Å²) < 4.78 is 8.86. The van der Waals surface area contributed by atoms with Gasteiger partial charge in [0.25, 0.3) is 5.56 Å². The molecular formula is C20H24ClN5O3. The van der Waals surface area contributed by atoms with Crippen LogP contribution in [0.1, 0.15) is 13.3 Å². The van der Waals surface area contributed by atoms with E-state index in [0.717, 1.165) is 31.6 Å². The topological polar surface area (TPSA) is 85.2 Å². The number of nitrogens with one attached hydrogen (secondary N) is 1. The molecule has 1 aliphatic heterocycles. The average molecular weight is 418 g/mol. The smallest absolute Gasteiger partial charge is 0.330 e. The molecule has 29 heavy (non-hydrogen) atoms. The average Bonchev–Trinajstić information content (AvgIpc) is 3.10. The number of hydrogen-bond donors (Lipinski definition) is 1. The Kier molecular flexibility index (Phi) is 5.84. The molecule has 154 valence electrons. The highest BCUT2D eigenvalue weighted by Gasteiger charge is 2.20. The van der Waals surface area contributed by atoms with Crippen LogP contribution in [-0.4, -0.2) is 56.9 Å². The number of morpholine rings is 1. The molecule has 4 rings (SSSR count). The third-order valence-electron chi connectivity index (χ3n) is 5.16. The van der Waals surface area contributed by atoms with Gasteiger partial charge in [-0.2, -0.15) is 0 Å². The van der Waals surface area contributed by atoms with Crippen molar-refractivity contribution >= 4 is 22.8 Å². The standard InChI is InChI=1S/C20H24ClN5O3/c1-2-6-26-18-16(19(27)23-20(26)28)25(8-7-24-9-11-29-12-10-24)17(22-18)14-4-3-5-15(21)13-14/h3-5,13H,2,6-12H2,1H3,(H,23,27,28). The van der Waals surface area contributed by atoms with Crippen molar-refractivity contribution in [2.75, 3.05) is 32.8 Å². The molecular weight excluding hydrogens is 394 g/mol. The predicted molar refractivity (Wildman–Crippen MR) is 113 cm³/mol. The van der Waals surface area contributed by atoms with Crippen LogP contribution < -0.4 is 11.2 Å². The van der Waals surface area contributed by atoms with E-state index in [0.29, 0.717) is 48.3 Å². The Bertz CT molecular complexity index is 1130. The van der Waals surface area contributed by atoms with Crippen molar-refractivity contribution in [1.29, 1.82) is 0 Å². The number of benzene rings is 1. The first-order valence-electron chi connectivity index (χ1n) is 9.88. The zero-order valence-corrected chi connectivity index (χ0v) is 17.1. The van der Waals surface area contributed by atoms with Crippen LogP contribution in [0.2, 0.25) is 5.02 Å². The third-order valence-corrected chi connectivity index (χ3v) is 5.39. The van der Waals surface area contributed by atoms with Gasteiger partial charge in [-0.25, -0.2) is 9.78 Å². The van der Waals surface area contributed by atoms with Crippen LogP contribution in [0, 0.1) is 0 Å². The Morgan fingerprint density at radius 3 is 2.66 bits per heavy atom. The van der Waals surface area contributed by atoms with E-state index >= 15 is 0 Å². The number of aromatic amines is 1. The Morgan fingerprint density at radius 1 is 1.14 bits per heavy atom. The fourth-order valence-electron chi connectivity index (χ4n) is 3.74. The summed E-state index contributed by atoms with van der Waals surface area (Å²) in [4.78, 5) is 34.6. The molecule has 0 atom stereocenters. The quantitative estimate of drug-likeness (QED) is 0.662. The van der Waals surface area contributed by atoms with Gasteiger partial charge in [-0.15, -0.1) is 0 Å². The molecule has 0 amide bonds. The number of H-pyrrole nitrogens is 1. The molecule has 0 saturated carbocycles. The van der Waals surface area contributed by atoms with E-state index in [1.54, 1.807) is 6.07 Å². The summed E-state index contributed by atoms with van der Waals surface area (Å²) in [5.41, 5.74) is 0.796. The minimum absolute atomic E-state index is 0.414. The molecule has 0 radical (unpaired) electrons. The molecule has 1 N–H and O–H groups in total. The van der Waals surface area contributed by atoms with E-state index in [4.69, 9.17) is 21.3 Å². The monoisotopic (exact) mass is 417 g/mol. The van der Waals surface area contributed by atoms with Gasteiger partial charge in [0.2, 0.25) is 0 Å². The second-order valence-corrected chi connectivity index (χ2v) is 7.57. The molecule has 1 aromatic carbocycles. The second-order valence-electron chi connectivity index (χ2n) is 7.13. The molecule has 3 aromatic rings. The maximum absolute atomic E-state index is 12.8. The van der Waals surface area contributed by atoms with Gasteiger partial charge in [0, 0.05) is 43.3 Å². The molecule has 2 aromatic heterocycles. The van der Waals surface area contributed by atoms with Crippen molar-refractivity contribution < 1.29 is 4.74 Å². The molecule has 0 aliphatic carbocycles. The molecule has 0 unspecified atom stereocenters. The number of hydrogen-bond acceptors (Lipinski definition) is 5. The minimum atomic E-state index is -0.431. The number of aryl methyl sites for hydroxylation is 1. The highest BCUT2D eigenvalue weighted by Crippen LogP contribution is 2.25. The van der Waals surface area contributed by atoms with Crippen LogP contribution in [-0.2, 0) is 17.8 Å². The van der Waals surface area contributed by atoms with E-state index in [1.165, 1.54) is 4.57 Å². The number of aromatic nitrogens is 4. The summed E-state index contributed by atoms with van der Waals surface area (Å²) in [7, 11) is 0. The minimum Gasteiger partial charge on any atom is -0.379 e. The lowest BCUT2D eigenvalue weighted by molar-refractivity contribution is 0.0365. The first kappa shape index (κ1) is 19.9. The van der Waals surface area contributed by atoms with Gasteiger partial charge in [0.15, 0.2) is 11.2 Å². The summed E-state index contributed by atoms with van der Waals surface area (Å²) in [5, 5.41) is 0.592. The Balaban J connectivity index is 1.87. The van der Waals surface area contributed by atoms with Gasteiger partial charge in [0.1, 0.15) is 5.82 Å². The fraction of sp³-hybridized carbons (Fsp3) is 0.450. The SMILES string of the molecule is CCCn1c(=O)[nH]c(=O)c2c1nc(-c1cccc(Cl)c1)n2CCN1CCOCC1. The van der Waals surface area contributed by atoms with Crippen molar-refractivity contribution in [2.24, 2.45) is 0 Å². The second kappa shape index (κ2) is 8.52. The summed E-state index contributed by atoms with van der Waals surface area (Å²) in [6, 6.07) is 7.39. The Morgan fingerprint density at radius 2 is 1.93 bits per heavy atom. The summed E-state index contributed by atoms with van der Waals surface area (Å²) >= 11 is 6.20. The molecule has 1 saturated heterocycles. The van der Waals surface area contributed by atoms with Crippen LogP contribution in [0.5, 0.6) is 0 Å². The van der Waals surface area contributed by atoms with Gasteiger partial charge in [0.05, 0.1) is 13.2 Å². The number of nitrogens with zero attached hydrogens (tertiary/aromatic N) is 4. The predicted octanol–water partition coefficient (Wildman–Crippen LogP) is 1.95. The highest BCUT2D eigenvalue weighted by molar-refractivity contribution is 6.30. The zero-order valence-electron chi connectivity index (χ0n) is 16.4. The molecule has 0 spiro atoms. The summed E-state index contributed by atoms with van der Waals surface area (Å²) in [6.07, 6.45) is 0.758. The van der Waals surface area contributed by atoms with Crippen LogP contribution >= 0.6 is 11.6 Å². The van der Waals surface area contributed by atoms with Crippen molar-refractivity contribution in [1.82, 2.24) is 24.0 Å². The zero-order chi connectivity index (χ0) is 20.4. The molecule has 0 bridgehead atoms. The van der Waals surface area contributed by atoms with E-state index in [9.17, 15) is 9.59 Å². The van der Waals surface area contributed by atoms with Crippen LogP contribution in [0.4, 0.5) is 0 Å². The van der Waals surface area contributed by atoms with Crippen molar-refractivity contribution in [3.63, 3.8) is 0 Å². The lowest BCUT2D eigenvalue weighted by Crippen LogP contribution is -2.38. The fourth-order valence-corrected chi connectivity index (χ4v) is 3.93. The van der Waals surface area contributed by atoms with E-state index in [1.807, 2.05) is 29.7 Å². The molecule has 8 nitrogen and oxygen atoms in total. The summed E-state index contributed by atoms with van der Waals surface area (Å²) in [6.45, 7) is 6.94. The van der Waals surface area contributed by atoms with Crippen LogP contribution in [0.15, 0.2) is 33.9 Å². The molecule has 1 fully saturated rings. The number of rotatable bonds is 6. The van der Waals surface area contributed by atoms with Gasteiger partial charge in [-0.3, -0.25) is 19.2 Å². The number of halogens is 1. The van der Waals surface area contributed by atoms with Gasteiger partial charge in [-0.1, -0.05) is 30.7 Å². The normalized spacial score (nSPS) is 15.2. The number of imidazole rings is 1. The highest BCUT2D eigenvalue weighted by atomic mass is 35.5. The van der Waals surface area contributed by atoms with Crippen molar-refractivity contribution in [3.8, 4) is 11.4 Å². The van der Waals surface area contributed by atoms with Gasteiger partial charge in [-0.05, 0) is 18.6 Å². The molecule has 9 heteroatoms. The van der Waals surface area contributed by atoms with Crippen LogP contribution in [0.25, 0.3) is 22.6 Å². The Labute approximate surface area is 172 Å².